The Balaban J connectivity index is 1.66. The molecule has 0 aromatic heterocycles. The number of nitrogen functional groups attached to an aromatic ring is 1. The van der Waals surface area contributed by atoms with Crippen LogP contribution in [-0.2, 0) is 12.0 Å². The summed E-state index contributed by atoms with van der Waals surface area (Å²) in [6, 6.07) is 19.1. The minimum absolute atomic E-state index is 0.358. The van der Waals surface area contributed by atoms with Gasteiger partial charge in [-0.2, -0.15) is 0 Å². The molecule has 2 aromatic carbocycles. The first kappa shape index (κ1) is 13.2. The van der Waals surface area contributed by atoms with Crippen LogP contribution in [-0.4, -0.2) is 18.5 Å². The summed E-state index contributed by atoms with van der Waals surface area (Å²) in [7, 11) is 2.21. The van der Waals surface area contributed by atoms with Gasteiger partial charge in [-0.25, -0.2) is 0 Å². The molecule has 104 valence electrons. The van der Waals surface area contributed by atoms with Crippen LogP contribution in [0.15, 0.2) is 54.6 Å². The molecule has 0 spiro atoms. The van der Waals surface area contributed by atoms with Crippen LogP contribution in [0.5, 0.6) is 0 Å². The monoisotopic (exact) mass is 266 g/mol. The second-order valence-corrected chi connectivity index (χ2v) is 6.06. The fourth-order valence-corrected chi connectivity index (χ4v) is 2.99. The number of nitrogens with two attached hydrogens (primary N) is 1. The van der Waals surface area contributed by atoms with E-state index in [1.807, 2.05) is 12.1 Å². The zero-order valence-electron chi connectivity index (χ0n) is 12.0. The fourth-order valence-electron chi connectivity index (χ4n) is 2.99. The molecule has 2 N–H and O–H groups in total. The summed E-state index contributed by atoms with van der Waals surface area (Å²) in [4.78, 5) is 2.43. The van der Waals surface area contributed by atoms with E-state index < -0.39 is 0 Å². The summed E-state index contributed by atoms with van der Waals surface area (Å²) >= 11 is 0. The van der Waals surface area contributed by atoms with Gasteiger partial charge in [-0.15, -0.1) is 0 Å². The van der Waals surface area contributed by atoms with Crippen molar-refractivity contribution in [2.24, 2.45) is 0 Å². The summed E-state index contributed by atoms with van der Waals surface area (Å²) in [6.45, 7) is 2.13. The lowest BCUT2D eigenvalue weighted by atomic mass is 9.95. The van der Waals surface area contributed by atoms with Crippen LogP contribution in [0.4, 0.5) is 5.69 Å². The number of nitrogens with zero attached hydrogens (tertiary/aromatic N) is 1. The van der Waals surface area contributed by atoms with Gasteiger partial charge in [-0.1, -0.05) is 42.5 Å². The highest BCUT2D eigenvalue weighted by Crippen LogP contribution is 2.48. The molecule has 0 saturated heterocycles. The van der Waals surface area contributed by atoms with Crippen LogP contribution in [0, 0.1) is 0 Å². The van der Waals surface area contributed by atoms with Crippen molar-refractivity contribution in [2.45, 2.75) is 24.8 Å². The Morgan fingerprint density at radius 1 is 1.00 bits per heavy atom. The van der Waals surface area contributed by atoms with Gasteiger partial charge < -0.3 is 10.6 Å². The van der Waals surface area contributed by atoms with E-state index in [1.165, 1.54) is 24.0 Å². The Bertz CT molecular complexity index is 556. The highest BCUT2D eigenvalue weighted by Gasteiger charge is 2.44. The molecule has 1 saturated carbocycles. The fraction of sp³-hybridized carbons (Fsp3) is 0.333. The molecule has 2 aromatic rings. The van der Waals surface area contributed by atoms with Crippen LogP contribution < -0.4 is 5.73 Å². The van der Waals surface area contributed by atoms with Gasteiger partial charge in [0.1, 0.15) is 0 Å². The Hall–Kier alpha value is -1.80. The lowest BCUT2D eigenvalue weighted by Crippen LogP contribution is -2.28. The van der Waals surface area contributed by atoms with Crippen LogP contribution >= 0.6 is 0 Å². The number of benzene rings is 2. The predicted molar refractivity (Wildman–Crippen MR) is 84.5 cm³/mol. The molecule has 2 heteroatoms. The van der Waals surface area contributed by atoms with E-state index in [0.29, 0.717) is 5.41 Å². The third-order valence-electron chi connectivity index (χ3n) is 4.24. The lowest BCUT2D eigenvalue weighted by Gasteiger charge is -2.24. The van der Waals surface area contributed by atoms with E-state index in [9.17, 15) is 0 Å². The molecule has 3 rings (SSSR count). The molecule has 1 aliphatic rings. The van der Waals surface area contributed by atoms with Crippen LogP contribution in [0.3, 0.4) is 0 Å². The zero-order valence-corrected chi connectivity index (χ0v) is 12.0. The highest BCUT2D eigenvalue weighted by molar-refractivity contribution is 5.43. The second-order valence-electron chi connectivity index (χ2n) is 6.06. The first-order valence-corrected chi connectivity index (χ1v) is 7.26. The molecule has 2 nitrogen and oxygen atoms in total. The average Bonchev–Trinajstić information content (AvgIpc) is 3.21. The molecule has 0 aliphatic heterocycles. The van der Waals surface area contributed by atoms with Crippen molar-refractivity contribution in [3.8, 4) is 0 Å². The smallest absolute Gasteiger partial charge is 0.0314 e. The maximum absolute atomic E-state index is 5.78. The molecule has 0 heterocycles. The minimum atomic E-state index is 0.358. The number of hydrogen-bond acceptors (Lipinski definition) is 2. The summed E-state index contributed by atoms with van der Waals surface area (Å²) in [5, 5.41) is 0. The normalized spacial score (nSPS) is 16.3. The van der Waals surface area contributed by atoms with Crippen molar-refractivity contribution in [1.29, 1.82) is 0 Å². The van der Waals surface area contributed by atoms with E-state index in [1.54, 1.807) is 0 Å². The summed E-state index contributed by atoms with van der Waals surface area (Å²) < 4.78 is 0. The van der Waals surface area contributed by atoms with Crippen LogP contribution in [0.25, 0.3) is 0 Å². The van der Waals surface area contributed by atoms with Gasteiger partial charge in [-0.05, 0) is 43.1 Å². The lowest BCUT2D eigenvalue weighted by molar-refractivity contribution is 0.294. The summed E-state index contributed by atoms with van der Waals surface area (Å²) in [5.74, 6) is 0. The van der Waals surface area contributed by atoms with Crippen molar-refractivity contribution < 1.29 is 0 Å². The highest BCUT2D eigenvalue weighted by atomic mass is 15.1. The Labute approximate surface area is 121 Å². The van der Waals surface area contributed by atoms with E-state index >= 15 is 0 Å². The van der Waals surface area contributed by atoms with Crippen molar-refractivity contribution in [3.63, 3.8) is 0 Å². The van der Waals surface area contributed by atoms with Gasteiger partial charge in [0.25, 0.3) is 0 Å². The van der Waals surface area contributed by atoms with Crippen molar-refractivity contribution in [1.82, 2.24) is 4.90 Å². The molecule has 20 heavy (non-hydrogen) atoms. The van der Waals surface area contributed by atoms with Crippen LogP contribution in [0.2, 0.25) is 0 Å². The van der Waals surface area contributed by atoms with Gasteiger partial charge in [0.15, 0.2) is 0 Å². The van der Waals surface area contributed by atoms with Gasteiger partial charge in [0, 0.05) is 24.2 Å². The van der Waals surface area contributed by atoms with Gasteiger partial charge >= 0.3 is 0 Å². The van der Waals surface area contributed by atoms with Gasteiger partial charge in [0.05, 0.1) is 0 Å². The number of anilines is 1. The van der Waals surface area contributed by atoms with E-state index in [2.05, 4.69) is 54.4 Å². The number of hydrogen-bond donors (Lipinski definition) is 1. The predicted octanol–water partition coefficient (Wildman–Crippen LogP) is 3.43. The number of likely N-dealkylation sites (N-methyl/N-ethyl adjacent to an activating group) is 1. The summed E-state index contributed by atoms with van der Waals surface area (Å²) in [6.07, 6.45) is 2.58. The van der Waals surface area contributed by atoms with Crippen molar-refractivity contribution >= 4 is 5.69 Å². The Morgan fingerprint density at radius 3 is 2.25 bits per heavy atom. The first-order valence-electron chi connectivity index (χ1n) is 7.26. The third kappa shape index (κ3) is 2.86. The van der Waals surface area contributed by atoms with Crippen molar-refractivity contribution in [3.05, 3.63) is 65.7 Å². The van der Waals surface area contributed by atoms with E-state index in [-0.39, 0.29) is 0 Å². The Morgan fingerprint density at radius 2 is 1.65 bits per heavy atom. The van der Waals surface area contributed by atoms with Gasteiger partial charge in [0.2, 0.25) is 0 Å². The maximum atomic E-state index is 5.78. The number of rotatable bonds is 5. The van der Waals surface area contributed by atoms with Gasteiger partial charge in [-0.3, -0.25) is 0 Å². The first-order chi connectivity index (χ1) is 9.68. The molecule has 0 amide bonds. The molecule has 0 bridgehead atoms. The SMILES string of the molecule is CN(Cc1ccccc1)CC1(c2ccc(N)cc2)CC1. The largest absolute Gasteiger partial charge is 0.399 e. The maximum Gasteiger partial charge on any atom is 0.0314 e. The molecular formula is C18H22N2. The van der Waals surface area contributed by atoms with E-state index in [4.69, 9.17) is 5.73 Å². The van der Waals surface area contributed by atoms with E-state index in [0.717, 1.165) is 18.8 Å². The molecule has 0 atom stereocenters. The summed E-state index contributed by atoms with van der Waals surface area (Å²) in [5.41, 5.74) is 9.81. The van der Waals surface area contributed by atoms with Crippen LogP contribution in [0.1, 0.15) is 24.0 Å². The minimum Gasteiger partial charge on any atom is -0.399 e. The molecule has 0 unspecified atom stereocenters. The molecule has 1 fully saturated rings. The molecule has 0 radical (unpaired) electrons. The topological polar surface area (TPSA) is 29.3 Å². The Kier molecular flexibility index (Phi) is 3.49. The zero-order chi connectivity index (χ0) is 14.0. The molecular weight excluding hydrogens is 244 g/mol. The standard InChI is InChI=1S/C18H22N2/c1-20(13-15-5-3-2-4-6-15)14-18(11-12-18)16-7-9-17(19)10-8-16/h2-10H,11-14,19H2,1H3. The third-order valence-corrected chi connectivity index (χ3v) is 4.24. The quantitative estimate of drug-likeness (QED) is 0.840. The molecule has 1 aliphatic carbocycles. The second kappa shape index (κ2) is 5.29. The average molecular weight is 266 g/mol. The van der Waals surface area contributed by atoms with Crippen molar-refractivity contribution in [2.75, 3.05) is 19.3 Å².